The van der Waals surface area contributed by atoms with Gasteiger partial charge in [0.2, 0.25) is 0 Å². The van der Waals surface area contributed by atoms with Crippen LogP contribution in [0.3, 0.4) is 0 Å². The zero-order chi connectivity index (χ0) is 24.4. The summed E-state index contributed by atoms with van der Waals surface area (Å²) in [6.07, 6.45) is 1.71. The van der Waals surface area contributed by atoms with Gasteiger partial charge in [-0.3, -0.25) is 9.78 Å². The molecular formula is C26H21ClF2N4O2. The van der Waals surface area contributed by atoms with Crippen LogP contribution >= 0.6 is 11.6 Å². The van der Waals surface area contributed by atoms with Crippen molar-refractivity contribution in [2.75, 3.05) is 31.1 Å². The van der Waals surface area contributed by atoms with Crippen LogP contribution in [0.2, 0.25) is 5.02 Å². The summed E-state index contributed by atoms with van der Waals surface area (Å²) in [4.78, 5) is 24.5. The summed E-state index contributed by atoms with van der Waals surface area (Å²) in [5.74, 6) is -0.909. The fourth-order valence-electron chi connectivity index (χ4n) is 3.97. The molecule has 1 aliphatic rings. The normalized spacial score (nSPS) is 13.7. The Bertz CT molecular complexity index is 1410. The lowest BCUT2D eigenvalue weighted by molar-refractivity contribution is 0.103. The SMILES string of the molecule is O=C(c1ccc2ncc(N3CCNCC3)nc2c1)c1c(F)ccc(OCc2cccc(F)c2)c1Cl. The van der Waals surface area contributed by atoms with Crippen molar-refractivity contribution in [3.05, 3.63) is 94.1 Å². The van der Waals surface area contributed by atoms with Gasteiger partial charge in [-0.25, -0.2) is 13.8 Å². The predicted octanol–water partition coefficient (Wildman–Crippen LogP) is 4.78. The molecule has 0 spiro atoms. The number of ketones is 1. The molecule has 5 rings (SSSR count). The van der Waals surface area contributed by atoms with Crippen molar-refractivity contribution < 1.29 is 18.3 Å². The van der Waals surface area contributed by atoms with Crippen LogP contribution in [-0.2, 0) is 6.61 Å². The van der Waals surface area contributed by atoms with Gasteiger partial charge in [-0.15, -0.1) is 0 Å². The number of piperazine rings is 1. The second-order valence-corrected chi connectivity index (χ2v) is 8.53. The van der Waals surface area contributed by atoms with E-state index in [4.69, 9.17) is 16.3 Å². The second-order valence-electron chi connectivity index (χ2n) is 8.15. The summed E-state index contributed by atoms with van der Waals surface area (Å²) >= 11 is 6.40. The molecule has 2 heterocycles. The first-order valence-corrected chi connectivity index (χ1v) is 11.5. The van der Waals surface area contributed by atoms with Crippen molar-refractivity contribution in [1.82, 2.24) is 15.3 Å². The molecule has 0 unspecified atom stereocenters. The summed E-state index contributed by atoms with van der Waals surface area (Å²) in [5, 5.41) is 3.14. The van der Waals surface area contributed by atoms with E-state index in [1.54, 1.807) is 36.5 Å². The van der Waals surface area contributed by atoms with Crippen LogP contribution in [0.15, 0.2) is 60.8 Å². The zero-order valence-electron chi connectivity index (χ0n) is 18.6. The zero-order valence-corrected chi connectivity index (χ0v) is 19.4. The molecule has 1 N–H and O–H groups in total. The largest absolute Gasteiger partial charge is 0.487 e. The molecule has 0 atom stereocenters. The number of carbonyl (C=O) groups excluding carboxylic acids is 1. The van der Waals surface area contributed by atoms with Gasteiger partial charge < -0.3 is 15.0 Å². The highest BCUT2D eigenvalue weighted by molar-refractivity contribution is 6.36. The molecule has 178 valence electrons. The summed E-state index contributed by atoms with van der Waals surface area (Å²) < 4.78 is 33.8. The molecule has 0 bridgehead atoms. The van der Waals surface area contributed by atoms with Crippen molar-refractivity contribution in [1.29, 1.82) is 0 Å². The van der Waals surface area contributed by atoms with Gasteiger partial charge in [0, 0.05) is 31.7 Å². The van der Waals surface area contributed by atoms with E-state index >= 15 is 0 Å². The maximum atomic E-state index is 14.8. The smallest absolute Gasteiger partial charge is 0.197 e. The summed E-state index contributed by atoms with van der Waals surface area (Å²) in [7, 11) is 0. The molecule has 0 aliphatic carbocycles. The molecule has 1 aromatic heterocycles. The van der Waals surface area contributed by atoms with Gasteiger partial charge in [-0.2, -0.15) is 0 Å². The molecule has 4 aromatic rings. The van der Waals surface area contributed by atoms with E-state index in [2.05, 4.69) is 20.2 Å². The molecule has 3 aromatic carbocycles. The standard InChI is InChI=1S/C26H21ClF2N4O2/c27-25-22(35-15-16-2-1-3-18(28)12-16)7-5-19(29)24(25)26(34)17-4-6-20-21(13-17)32-23(14-31-20)33-10-8-30-9-11-33/h1-7,12-14,30H,8-11,15H2. The van der Waals surface area contributed by atoms with Crippen LogP contribution in [0.1, 0.15) is 21.5 Å². The van der Waals surface area contributed by atoms with Crippen LogP contribution in [0, 0.1) is 11.6 Å². The monoisotopic (exact) mass is 494 g/mol. The first-order chi connectivity index (χ1) is 17.0. The lowest BCUT2D eigenvalue weighted by Crippen LogP contribution is -2.43. The third-order valence-corrected chi connectivity index (χ3v) is 6.17. The maximum absolute atomic E-state index is 14.8. The van der Waals surface area contributed by atoms with E-state index in [1.807, 2.05) is 0 Å². The van der Waals surface area contributed by atoms with Gasteiger partial charge in [-0.05, 0) is 48.0 Å². The molecule has 0 amide bonds. The van der Waals surface area contributed by atoms with E-state index < -0.39 is 17.4 Å². The first-order valence-electron chi connectivity index (χ1n) is 11.1. The number of hydrogen-bond donors (Lipinski definition) is 1. The van der Waals surface area contributed by atoms with Gasteiger partial charge in [0.15, 0.2) is 5.78 Å². The fourth-order valence-corrected chi connectivity index (χ4v) is 4.27. The maximum Gasteiger partial charge on any atom is 0.197 e. The minimum Gasteiger partial charge on any atom is -0.487 e. The van der Waals surface area contributed by atoms with E-state index in [1.165, 1.54) is 18.2 Å². The number of aromatic nitrogens is 2. The van der Waals surface area contributed by atoms with Crippen molar-refractivity contribution in [2.45, 2.75) is 6.61 Å². The number of rotatable bonds is 6. The Morgan fingerprint density at radius 1 is 1.06 bits per heavy atom. The lowest BCUT2D eigenvalue weighted by Gasteiger charge is -2.28. The van der Waals surface area contributed by atoms with Gasteiger partial charge >= 0.3 is 0 Å². The Morgan fingerprint density at radius 2 is 1.89 bits per heavy atom. The van der Waals surface area contributed by atoms with E-state index in [-0.39, 0.29) is 28.5 Å². The highest BCUT2D eigenvalue weighted by atomic mass is 35.5. The third kappa shape index (κ3) is 4.94. The highest BCUT2D eigenvalue weighted by Crippen LogP contribution is 2.33. The van der Waals surface area contributed by atoms with E-state index in [0.29, 0.717) is 16.6 Å². The molecule has 1 fully saturated rings. The van der Waals surface area contributed by atoms with Crippen LogP contribution in [0.4, 0.5) is 14.6 Å². The quantitative estimate of drug-likeness (QED) is 0.389. The molecular weight excluding hydrogens is 474 g/mol. The van der Waals surface area contributed by atoms with Gasteiger partial charge in [0.1, 0.15) is 29.8 Å². The molecule has 6 nitrogen and oxygen atoms in total. The van der Waals surface area contributed by atoms with Crippen LogP contribution in [0.25, 0.3) is 11.0 Å². The molecule has 9 heteroatoms. The predicted molar refractivity (Wildman–Crippen MR) is 130 cm³/mol. The number of nitrogens with zero attached hydrogens (tertiary/aromatic N) is 3. The number of benzene rings is 3. The molecule has 1 aliphatic heterocycles. The number of hydrogen-bond acceptors (Lipinski definition) is 6. The van der Waals surface area contributed by atoms with Crippen molar-refractivity contribution in [2.24, 2.45) is 0 Å². The van der Waals surface area contributed by atoms with E-state index in [0.717, 1.165) is 38.1 Å². The minimum atomic E-state index is -0.765. The molecule has 1 saturated heterocycles. The number of ether oxygens (including phenoxy) is 1. The van der Waals surface area contributed by atoms with Crippen LogP contribution < -0.4 is 15.0 Å². The summed E-state index contributed by atoms with van der Waals surface area (Å²) in [6.45, 7) is 3.34. The molecule has 0 radical (unpaired) electrons. The number of nitrogens with one attached hydrogen (secondary N) is 1. The van der Waals surface area contributed by atoms with Gasteiger partial charge in [0.25, 0.3) is 0 Å². The van der Waals surface area contributed by atoms with Crippen molar-refractivity contribution in [3.8, 4) is 5.75 Å². The Hall–Kier alpha value is -3.62. The lowest BCUT2D eigenvalue weighted by atomic mass is 10.0. The van der Waals surface area contributed by atoms with Crippen molar-refractivity contribution >= 4 is 34.2 Å². The minimum absolute atomic E-state index is 0.0110. The average Bonchev–Trinajstić information content (AvgIpc) is 2.88. The van der Waals surface area contributed by atoms with Gasteiger partial charge in [-0.1, -0.05) is 23.7 Å². The van der Waals surface area contributed by atoms with Crippen LogP contribution in [-0.4, -0.2) is 41.9 Å². The van der Waals surface area contributed by atoms with Crippen molar-refractivity contribution in [3.63, 3.8) is 0 Å². The summed E-state index contributed by atoms with van der Waals surface area (Å²) in [6, 6.07) is 13.2. The Labute approximate surface area is 205 Å². The number of fused-ring (bicyclic) bond motifs is 1. The Morgan fingerprint density at radius 3 is 2.69 bits per heavy atom. The number of halogens is 3. The third-order valence-electron chi connectivity index (χ3n) is 5.80. The van der Waals surface area contributed by atoms with Gasteiger partial charge in [0.05, 0.1) is 27.8 Å². The highest BCUT2D eigenvalue weighted by Gasteiger charge is 2.22. The fraction of sp³-hybridized carbons (Fsp3) is 0.192. The first kappa shape index (κ1) is 23.1. The van der Waals surface area contributed by atoms with Crippen LogP contribution in [0.5, 0.6) is 5.75 Å². The summed E-state index contributed by atoms with van der Waals surface area (Å²) in [5.41, 5.74) is 1.66. The Kier molecular flexibility index (Phi) is 6.57. The second kappa shape index (κ2) is 9.93. The Balaban J connectivity index is 1.43. The molecule has 0 saturated carbocycles. The number of anilines is 1. The number of carbonyl (C=O) groups is 1. The molecule has 35 heavy (non-hydrogen) atoms. The topological polar surface area (TPSA) is 67.4 Å². The average molecular weight is 495 g/mol. The van der Waals surface area contributed by atoms with E-state index in [9.17, 15) is 13.6 Å².